The number of alkyl halides is 1. The van der Waals surface area contributed by atoms with Crippen molar-refractivity contribution in [3.8, 4) is 11.1 Å². The maximum atomic E-state index is 13.7. The number of halogens is 3. The van der Waals surface area contributed by atoms with Gasteiger partial charge in [-0.15, -0.1) is 0 Å². The molecule has 1 saturated carbocycles. The molecule has 0 radical (unpaired) electrons. The highest BCUT2D eigenvalue weighted by atomic mass is 79.9. The molecule has 3 aromatic rings. The second-order valence-corrected chi connectivity index (χ2v) is 8.66. The number of nitrogens with one attached hydrogen (secondary N) is 1. The number of aryl methyl sites for hydroxylation is 2. The number of nitrogens with zero attached hydrogens (tertiary/aromatic N) is 1. The second-order valence-electron chi connectivity index (χ2n) is 8.10. The lowest BCUT2D eigenvalue weighted by Gasteiger charge is -2.19. The summed E-state index contributed by atoms with van der Waals surface area (Å²) in [7, 11) is 0. The smallest absolute Gasteiger partial charge is 0.251 e. The van der Waals surface area contributed by atoms with E-state index in [0.717, 1.165) is 35.1 Å². The Balaban J connectivity index is 1.66. The fourth-order valence-corrected chi connectivity index (χ4v) is 4.15. The molecule has 1 fully saturated rings. The summed E-state index contributed by atoms with van der Waals surface area (Å²) in [5, 5.41) is 3.70. The van der Waals surface area contributed by atoms with E-state index in [1.165, 1.54) is 18.2 Å². The van der Waals surface area contributed by atoms with Gasteiger partial charge >= 0.3 is 0 Å². The summed E-state index contributed by atoms with van der Waals surface area (Å²) >= 11 is 3.48. The van der Waals surface area contributed by atoms with Crippen molar-refractivity contribution in [3.63, 3.8) is 0 Å². The maximum Gasteiger partial charge on any atom is 0.251 e. The molecule has 1 aliphatic rings. The van der Waals surface area contributed by atoms with Gasteiger partial charge in [-0.25, -0.2) is 8.78 Å². The van der Waals surface area contributed by atoms with E-state index < -0.39 is 0 Å². The van der Waals surface area contributed by atoms with E-state index >= 15 is 0 Å². The molecule has 1 aliphatic carbocycles. The summed E-state index contributed by atoms with van der Waals surface area (Å²) in [4.78, 5) is 17.6. The Morgan fingerprint density at radius 1 is 1.13 bits per heavy atom. The standard InChI is InChI=1S/C25H23BrF2N2O/c1-14-9-20(27)5-6-21(14)18-10-16(13-26)11-19(12-18)25(31)30-24(17-3-4-17)23-8-7-22(28)15(2)29-23/h5-12,17,24H,3-4,13H2,1-2H3,(H,30,31)/t24-/m0/s1. The molecule has 1 heterocycles. The van der Waals surface area contributed by atoms with E-state index in [1.54, 1.807) is 19.1 Å². The predicted molar refractivity (Wildman–Crippen MR) is 121 cm³/mol. The number of pyridine rings is 1. The molecular formula is C25H23BrF2N2O. The van der Waals surface area contributed by atoms with E-state index in [1.807, 2.05) is 25.1 Å². The Morgan fingerprint density at radius 3 is 2.55 bits per heavy atom. The van der Waals surface area contributed by atoms with Crippen molar-refractivity contribution in [2.75, 3.05) is 0 Å². The molecule has 3 nitrogen and oxygen atoms in total. The molecule has 160 valence electrons. The van der Waals surface area contributed by atoms with Gasteiger partial charge in [-0.05, 0) is 91.3 Å². The van der Waals surface area contributed by atoms with Crippen LogP contribution in [0.3, 0.4) is 0 Å². The van der Waals surface area contributed by atoms with Crippen LogP contribution >= 0.6 is 15.9 Å². The second kappa shape index (κ2) is 8.87. The van der Waals surface area contributed by atoms with Crippen LogP contribution in [0.1, 0.15) is 51.8 Å². The van der Waals surface area contributed by atoms with E-state index in [2.05, 4.69) is 26.2 Å². The minimum Gasteiger partial charge on any atom is -0.343 e. The fraction of sp³-hybridized carbons (Fsp3) is 0.280. The van der Waals surface area contributed by atoms with E-state index in [-0.39, 0.29) is 23.6 Å². The summed E-state index contributed by atoms with van der Waals surface area (Å²) in [6.07, 6.45) is 2.01. The Kier molecular flexibility index (Phi) is 6.19. The van der Waals surface area contributed by atoms with Crippen molar-refractivity contribution in [2.24, 2.45) is 5.92 Å². The zero-order valence-electron chi connectivity index (χ0n) is 17.4. The van der Waals surface area contributed by atoms with Gasteiger partial charge in [-0.2, -0.15) is 0 Å². The van der Waals surface area contributed by atoms with Crippen molar-refractivity contribution < 1.29 is 13.6 Å². The molecule has 31 heavy (non-hydrogen) atoms. The summed E-state index contributed by atoms with van der Waals surface area (Å²) in [5.74, 6) is -0.539. The van der Waals surface area contributed by atoms with Gasteiger partial charge in [0.2, 0.25) is 0 Å². The summed E-state index contributed by atoms with van der Waals surface area (Å²) in [6, 6.07) is 13.1. The molecule has 1 aromatic heterocycles. The molecule has 0 aliphatic heterocycles. The highest BCUT2D eigenvalue weighted by Crippen LogP contribution is 2.41. The highest BCUT2D eigenvalue weighted by Gasteiger charge is 2.34. The van der Waals surface area contributed by atoms with Crippen LogP contribution in [0, 0.1) is 31.4 Å². The molecule has 1 atom stereocenters. The zero-order chi connectivity index (χ0) is 22.1. The predicted octanol–water partition coefficient (Wildman–Crippen LogP) is 6.42. The molecule has 4 rings (SSSR count). The molecule has 1 amide bonds. The van der Waals surface area contributed by atoms with Gasteiger partial charge in [0, 0.05) is 10.9 Å². The average Bonchev–Trinajstić information content (AvgIpc) is 3.58. The minimum absolute atomic E-state index is 0.204. The van der Waals surface area contributed by atoms with Gasteiger partial charge in [0.15, 0.2) is 0 Å². The first-order valence-electron chi connectivity index (χ1n) is 10.3. The number of amides is 1. The first kappa shape index (κ1) is 21.6. The Labute approximate surface area is 189 Å². The first-order chi connectivity index (χ1) is 14.9. The lowest BCUT2D eigenvalue weighted by molar-refractivity contribution is 0.0930. The Morgan fingerprint density at radius 2 is 1.90 bits per heavy atom. The fourth-order valence-electron chi connectivity index (χ4n) is 3.83. The molecule has 0 spiro atoms. The van der Waals surface area contributed by atoms with Crippen LogP contribution in [0.4, 0.5) is 8.78 Å². The summed E-state index contributed by atoms with van der Waals surface area (Å²) < 4.78 is 27.2. The van der Waals surface area contributed by atoms with Crippen LogP contribution in [0.2, 0.25) is 0 Å². The number of aromatic nitrogens is 1. The number of carbonyl (C=O) groups excluding carboxylic acids is 1. The number of benzene rings is 2. The van der Waals surface area contributed by atoms with Crippen LogP contribution in [-0.4, -0.2) is 10.9 Å². The summed E-state index contributed by atoms with van der Waals surface area (Å²) in [5.41, 5.74) is 5.03. The van der Waals surface area contributed by atoms with Gasteiger partial charge in [-0.1, -0.05) is 28.1 Å². The molecule has 2 aromatic carbocycles. The Hall–Kier alpha value is -2.60. The number of hydrogen-bond acceptors (Lipinski definition) is 2. The van der Waals surface area contributed by atoms with Crippen molar-refractivity contribution in [1.82, 2.24) is 10.3 Å². The molecule has 0 bridgehead atoms. The largest absolute Gasteiger partial charge is 0.343 e. The lowest BCUT2D eigenvalue weighted by Crippen LogP contribution is -2.30. The number of carbonyl (C=O) groups is 1. The summed E-state index contributed by atoms with van der Waals surface area (Å²) in [6.45, 7) is 3.48. The van der Waals surface area contributed by atoms with Gasteiger partial charge in [0.05, 0.1) is 17.4 Å². The van der Waals surface area contributed by atoms with Crippen molar-refractivity contribution in [3.05, 3.63) is 88.2 Å². The Bertz CT molecular complexity index is 1140. The third kappa shape index (κ3) is 4.85. The number of hydrogen-bond donors (Lipinski definition) is 1. The van der Waals surface area contributed by atoms with Gasteiger partial charge in [0.1, 0.15) is 11.6 Å². The van der Waals surface area contributed by atoms with Gasteiger partial charge in [0.25, 0.3) is 5.91 Å². The van der Waals surface area contributed by atoms with Crippen LogP contribution in [0.25, 0.3) is 11.1 Å². The molecule has 6 heteroatoms. The van der Waals surface area contributed by atoms with Gasteiger partial charge < -0.3 is 5.32 Å². The quantitative estimate of drug-likeness (QED) is 0.410. The first-order valence-corrected chi connectivity index (χ1v) is 11.4. The van der Waals surface area contributed by atoms with Crippen molar-refractivity contribution >= 4 is 21.8 Å². The van der Waals surface area contributed by atoms with E-state index in [4.69, 9.17) is 0 Å². The lowest BCUT2D eigenvalue weighted by atomic mass is 9.96. The van der Waals surface area contributed by atoms with Gasteiger partial charge in [-0.3, -0.25) is 9.78 Å². The van der Waals surface area contributed by atoms with E-state index in [9.17, 15) is 13.6 Å². The molecule has 0 saturated heterocycles. The van der Waals surface area contributed by atoms with Crippen LogP contribution in [0.5, 0.6) is 0 Å². The van der Waals surface area contributed by atoms with E-state index in [0.29, 0.717) is 28.2 Å². The number of rotatable bonds is 6. The third-order valence-corrected chi connectivity index (χ3v) is 6.30. The maximum absolute atomic E-state index is 13.7. The van der Waals surface area contributed by atoms with Crippen molar-refractivity contribution in [1.29, 1.82) is 0 Å². The van der Waals surface area contributed by atoms with Crippen LogP contribution in [0.15, 0.2) is 48.5 Å². The van der Waals surface area contributed by atoms with Crippen molar-refractivity contribution in [2.45, 2.75) is 38.1 Å². The topological polar surface area (TPSA) is 42.0 Å². The van der Waals surface area contributed by atoms with Crippen LogP contribution < -0.4 is 5.32 Å². The molecule has 0 unspecified atom stereocenters. The average molecular weight is 485 g/mol. The minimum atomic E-state index is -0.353. The zero-order valence-corrected chi connectivity index (χ0v) is 19.0. The molecule has 1 N–H and O–H groups in total. The third-order valence-electron chi connectivity index (χ3n) is 5.65. The monoisotopic (exact) mass is 484 g/mol. The highest BCUT2D eigenvalue weighted by molar-refractivity contribution is 9.08. The normalized spacial score (nSPS) is 14.4. The SMILES string of the molecule is Cc1cc(F)ccc1-c1cc(CBr)cc(C(=O)N[C@H](c2ccc(F)c(C)n2)C2CC2)c1. The molecular weight excluding hydrogens is 462 g/mol. The van der Waals surface area contributed by atoms with Crippen LogP contribution in [-0.2, 0) is 5.33 Å².